The van der Waals surface area contributed by atoms with E-state index in [1.54, 1.807) is 7.11 Å². The topological polar surface area (TPSA) is 21.3 Å². The second kappa shape index (κ2) is 6.78. The smallest absolute Gasteiger partial charge is 0.118 e. The molecule has 0 aliphatic carbocycles. The summed E-state index contributed by atoms with van der Waals surface area (Å²) in [5, 5.41) is 4.16. The molecule has 0 saturated carbocycles. The van der Waals surface area contributed by atoms with Crippen LogP contribution in [0.5, 0.6) is 5.75 Å². The van der Waals surface area contributed by atoms with Gasteiger partial charge in [0.05, 0.1) is 7.11 Å². The van der Waals surface area contributed by atoms with E-state index in [4.69, 9.17) is 16.3 Å². The normalized spacial score (nSPS) is 12.2. The van der Waals surface area contributed by atoms with Crippen LogP contribution in [0.15, 0.2) is 42.5 Å². The van der Waals surface area contributed by atoms with Crippen LogP contribution in [0.1, 0.15) is 22.7 Å². The summed E-state index contributed by atoms with van der Waals surface area (Å²) in [4.78, 5) is 0. The van der Waals surface area contributed by atoms with Crippen LogP contribution in [0, 0.1) is 6.92 Å². The lowest BCUT2D eigenvalue weighted by Gasteiger charge is -2.19. The molecule has 20 heavy (non-hydrogen) atoms. The van der Waals surface area contributed by atoms with Crippen molar-refractivity contribution >= 4 is 11.6 Å². The van der Waals surface area contributed by atoms with Gasteiger partial charge in [0.15, 0.2) is 0 Å². The van der Waals surface area contributed by atoms with Crippen LogP contribution in [0.3, 0.4) is 0 Å². The Morgan fingerprint density at radius 3 is 2.40 bits per heavy atom. The highest BCUT2D eigenvalue weighted by atomic mass is 35.5. The lowest BCUT2D eigenvalue weighted by Crippen LogP contribution is -2.19. The van der Waals surface area contributed by atoms with Crippen LogP contribution >= 0.6 is 11.6 Å². The fourth-order valence-electron chi connectivity index (χ4n) is 2.39. The third-order valence-corrected chi connectivity index (χ3v) is 3.79. The molecule has 0 radical (unpaired) electrons. The van der Waals surface area contributed by atoms with Crippen molar-refractivity contribution in [3.05, 3.63) is 64.2 Å². The van der Waals surface area contributed by atoms with Gasteiger partial charge in [-0.15, -0.1) is 0 Å². The van der Waals surface area contributed by atoms with E-state index in [2.05, 4.69) is 30.4 Å². The van der Waals surface area contributed by atoms with Gasteiger partial charge in [-0.1, -0.05) is 29.8 Å². The van der Waals surface area contributed by atoms with Crippen molar-refractivity contribution in [1.82, 2.24) is 5.32 Å². The zero-order chi connectivity index (χ0) is 14.5. The molecule has 0 aliphatic heterocycles. The molecule has 0 spiro atoms. The van der Waals surface area contributed by atoms with Crippen molar-refractivity contribution in [2.45, 2.75) is 19.4 Å². The van der Waals surface area contributed by atoms with Gasteiger partial charge in [0.25, 0.3) is 0 Å². The largest absolute Gasteiger partial charge is 0.497 e. The van der Waals surface area contributed by atoms with Crippen molar-refractivity contribution in [1.29, 1.82) is 0 Å². The maximum atomic E-state index is 6.02. The standard InChI is InChI=1S/C17H20ClNO/c1-12-10-14(18)6-9-16(12)17(19-2)11-13-4-7-15(20-3)8-5-13/h4-10,17,19H,11H2,1-3H3. The van der Waals surface area contributed by atoms with E-state index >= 15 is 0 Å². The first-order valence-electron chi connectivity index (χ1n) is 6.70. The van der Waals surface area contributed by atoms with E-state index in [1.165, 1.54) is 16.7 Å². The van der Waals surface area contributed by atoms with Gasteiger partial charge in [0, 0.05) is 11.1 Å². The molecule has 0 amide bonds. The van der Waals surface area contributed by atoms with E-state index in [0.717, 1.165) is 17.2 Å². The van der Waals surface area contributed by atoms with Gasteiger partial charge >= 0.3 is 0 Å². The highest BCUT2D eigenvalue weighted by molar-refractivity contribution is 6.30. The Bertz CT molecular complexity index is 566. The molecule has 0 heterocycles. The highest BCUT2D eigenvalue weighted by Crippen LogP contribution is 2.25. The number of ether oxygens (including phenoxy) is 1. The lowest BCUT2D eigenvalue weighted by atomic mass is 9.95. The zero-order valence-electron chi connectivity index (χ0n) is 12.1. The lowest BCUT2D eigenvalue weighted by molar-refractivity contribution is 0.414. The number of halogens is 1. The molecule has 0 saturated heterocycles. The molecule has 2 nitrogen and oxygen atoms in total. The van der Waals surface area contributed by atoms with Crippen molar-refractivity contribution in [3.63, 3.8) is 0 Å². The summed E-state index contributed by atoms with van der Waals surface area (Å²) in [6.45, 7) is 2.10. The van der Waals surface area contributed by atoms with Crippen LogP contribution in [-0.2, 0) is 6.42 Å². The number of hydrogen-bond donors (Lipinski definition) is 1. The first kappa shape index (κ1) is 14.9. The summed E-state index contributed by atoms with van der Waals surface area (Å²) in [6.07, 6.45) is 0.933. The molecular weight excluding hydrogens is 270 g/mol. The summed E-state index contributed by atoms with van der Waals surface area (Å²) in [5.41, 5.74) is 3.78. The molecule has 1 N–H and O–H groups in total. The van der Waals surface area contributed by atoms with Crippen LogP contribution in [0.2, 0.25) is 5.02 Å². The van der Waals surface area contributed by atoms with Crippen molar-refractivity contribution in [3.8, 4) is 5.75 Å². The quantitative estimate of drug-likeness (QED) is 0.892. The predicted octanol–water partition coefficient (Wildman–Crippen LogP) is 4.16. The van der Waals surface area contributed by atoms with Gasteiger partial charge in [0.2, 0.25) is 0 Å². The minimum absolute atomic E-state index is 0.278. The Morgan fingerprint density at radius 2 is 1.85 bits per heavy atom. The molecule has 2 aromatic carbocycles. The monoisotopic (exact) mass is 289 g/mol. The molecule has 106 valence electrons. The molecule has 2 rings (SSSR count). The summed E-state index contributed by atoms with van der Waals surface area (Å²) < 4.78 is 5.19. The maximum Gasteiger partial charge on any atom is 0.118 e. The van der Waals surface area contributed by atoms with Gasteiger partial charge < -0.3 is 10.1 Å². The number of nitrogens with one attached hydrogen (secondary N) is 1. The second-order valence-electron chi connectivity index (χ2n) is 4.89. The summed E-state index contributed by atoms with van der Waals surface area (Å²) in [5.74, 6) is 0.887. The van der Waals surface area contributed by atoms with Gasteiger partial charge in [-0.3, -0.25) is 0 Å². The van der Waals surface area contributed by atoms with E-state index in [1.807, 2.05) is 31.3 Å². The van der Waals surface area contributed by atoms with Gasteiger partial charge in [-0.2, -0.15) is 0 Å². The van der Waals surface area contributed by atoms with E-state index in [-0.39, 0.29) is 6.04 Å². The molecule has 1 unspecified atom stereocenters. The van der Waals surface area contributed by atoms with Gasteiger partial charge in [0.1, 0.15) is 5.75 Å². The van der Waals surface area contributed by atoms with Crippen molar-refractivity contribution < 1.29 is 4.74 Å². The minimum atomic E-state index is 0.278. The van der Waals surface area contributed by atoms with E-state index < -0.39 is 0 Å². The second-order valence-corrected chi connectivity index (χ2v) is 5.33. The van der Waals surface area contributed by atoms with Crippen LogP contribution in [0.25, 0.3) is 0 Å². The first-order chi connectivity index (χ1) is 9.63. The number of methoxy groups -OCH3 is 1. The molecule has 0 bridgehead atoms. The first-order valence-corrected chi connectivity index (χ1v) is 7.08. The van der Waals surface area contributed by atoms with E-state index in [9.17, 15) is 0 Å². The molecular formula is C17H20ClNO. The van der Waals surface area contributed by atoms with Gasteiger partial charge in [-0.05, 0) is 61.3 Å². The molecule has 3 heteroatoms. The Labute approximate surface area is 125 Å². The third kappa shape index (κ3) is 3.53. The molecule has 0 aliphatic rings. The fourth-order valence-corrected chi connectivity index (χ4v) is 2.62. The molecule has 0 fully saturated rings. The van der Waals surface area contributed by atoms with Crippen LogP contribution in [-0.4, -0.2) is 14.2 Å². The molecule has 1 atom stereocenters. The molecule has 2 aromatic rings. The van der Waals surface area contributed by atoms with Crippen LogP contribution < -0.4 is 10.1 Å². The average Bonchev–Trinajstić information content (AvgIpc) is 2.46. The maximum absolute atomic E-state index is 6.02. The van der Waals surface area contributed by atoms with Gasteiger partial charge in [-0.25, -0.2) is 0 Å². The number of aryl methyl sites for hydroxylation is 1. The predicted molar refractivity (Wildman–Crippen MR) is 84.7 cm³/mol. The Kier molecular flexibility index (Phi) is 5.05. The Morgan fingerprint density at radius 1 is 1.15 bits per heavy atom. The third-order valence-electron chi connectivity index (χ3n) is 3.55. The highest BCUT2D eigenvalue weighted by Gasteiger charge is 2.12. The number of rotatable bonds is 5. The average molecular weight is 290 g/mol. The summed E-state index contributed by atoms with van der Waals surface area (Å²) >= 11 is 6.02. The minimum Gasteiger partial charge on any atom is -0.497 e. The summed E-state index contributed by atoms with van der Waals surface area (Å²) in [6, 6.07) is 14.5. The Balaban J connectivity index is 2.19. The van der Waals surface area contributed by atoms with Crippen molar-refractivity contribution in [2.24, 2.45) is 0 Å². The molecule has 0 aromatic heterocycles. The number of hydrogen-bond acceptors (Lipinski definition) is 2. The van der Waals surface area contributed by atoms with Crippen molar-refractivity contribution in [2.75, 3.05) is 14.2 Å². The number of likely N-dealkylation sites (N-methyl/N-ethyl adjacent to an activating group) is 1. The summed E-state index contributed by atoms with van der Waals surface area (Å²) in [7, 11) is 3.67. The SMILES string of the molecule is CNC(Cc1ccc(OC)cc1)c1ccc(Cl)cc1C. The zero-order valence-corrected chi connectivity index (χ0v) is 12.9. The Hall–Kier alpha value is -1.51. The number of benzene rings is 2. The van der Waals surface area contributed by atoms with Crippen LogP contribution in [0.4, 0.5) is 0 Å². The van der Waals surface area contributed by atoms with E-state index in [0.29, 0.717) is 0 Å². The fraction of sp³-hybridized carbons (Fsp3) is 0.294.